The van der Waals surface area contributed by atoms with Gasteiger partial charge in [-0.25, -0.2) is 3.11 Å². The monoisotopic (exact) mass is 223 g/mol. The lowest BCUT2D eigenvalue weighted by molar-refractivity contribution is -0.129. The second kappa shape index (κ2) is 1.85. The summed E-state index contributed by atoms with van der Waals surface area (Å²) in [5.41, 5.74) is 0. The molecule has 0 N–H and O–H groups in total. The van der Waals surface area contributed by atoms with Gasteiger partial charge in [0.2, 0.25) is 0 Å². The second-order valence-corrected chi connectivity index (χ2v) is 2.26. The fourth-order valence-electron chi connectivity index (χ4n) is 0.382. The molecule has 0 radical (unpaired) electrons. The lowest BCUT2D eigenvalue weighted by atomic mass is 10.6. The van der Waals surface area contributed by atoms with Crippen molar-refractivity contribution < 1.29 is 9.59 Å². The van der Waals surface area contributed by atoms with Gasteiger partial charge in [0.05, 0.1) is 22.9 Å². The van der Waals surface area contributed by atoms with Crippen molar-refractivity contribution >= 4 is 34.7 Å². The quantitative estimate of drug-likeness (QED) is 0.335. The molecule has 2 amide bonds. The predicted molar refractivity (Wildman–Crippen MR) is 35.0 cm³/mol. The highest BCUT2D eigenvalue weighted by atomic mass is 127. The minimum absolute atomic E-state index is 0.254. The minimum Gasteiger partial charge on any atom is -0.268 e. The van der Waals surface area contributed by atoms with Gasteiger partial charge in [-0.1, -0.05) is 0 Å². The molecule has 1 aliphatic heterocycles. The Bertz CT molecular complexity index is 157. The van der Waals surface area contributed by atoms with Crippen LogP contribution in [-0.4, -0.2) is 14.9 Å². The van der Waals surface area contributed by atoms with E-state index in [-0.39, 0.29) is 11.8 Å². The van der Waals surface area contributed by atoms with Gasteiger partial charge in [0.15, 0.2) is 0 Å². The van der Waals surface area contributed by atoms with Crippen LogP contribution in [0.3, 0.4) is 0 Å². The number of halogens is 1. The minimum atomic E-state index is -0.254. The van der Waals surface area contributed by atoms with Crippen LogP contribution in [0.2, 0.25) is 0 Å². The molecule has 8 heavy (non-hydrogen) atoms. The molecular formula is C4H2INO2. The molecular weight excluding hydrogens is 221 g/mol. The summed E-state index contributed by atoms with van der Waals surface area (Å²) in [5.74, 6) is -0.508. The number of nitrogens with zero attached hydrogens (tertiary/aromatic N) is 1. The number of imide groups is 1. The molecule has 4 heteroatoms. The highest BCUT2D eigenvalue weighted by molar-refractivity contribution is 14.1. The van der Waals surface area contributed by atoms with Crippen molar-refractivity contribution in [3.8, 4) is 0 Å². The Morgan fingerprint density at radius 3 is 1.75 bits per heavy atom. The van der Waals surface area contributed by atoms with E-state index in [4.69, 9.17) is 0 Å². The molecule has 0 saturated carbocycles. The molecule has 1 rings (SSSR count). The Balaban J connectivity index is 2.84. The predicted octanol–water partition coefficient (Wildman–Crippen LogP) is 0.261. The van der Waals surface area contributed by atoms with Gasteiger partial charge in [0, 0.05) is 12.2 Å². The SMILES string of the molecule is O=C1C=CC(=O)N1I. The fourth-order valence-corrected chi connectivity index (χ4v) is 0.704. The van der Waals surface area contributed by atoms with Crippen molar-refractivity contribution in [2.45, 2.75) is 0 Å². The summed E-state index contributed by atoms with van der Waals surface area (Å²) >= 11 is 1.66. The van der Waals surface area contributed by atoms with Crippen molar-refractivity contribution in [3.05, 3.63) is 12.2 Å². The van der Waals surface area contributed by atoms with Gasteiger partial charge in [-0.05, 0) is 0 Å². The summed E-state index contributed by atoms with van der Waals surface area (Å²) in [7, 11) is 0. The van der Waals surface area contributed by atoms with E-state index in [1.807, 2.05) is 0 Å². The van der Waals surface area contributed by atoms with Crippen LogP contribution in [0.4, 0.5) is 0 Å². The molecule has 0 aliphatic carbocycles. The number of amides is 2. The highest BCUT2D eigenvalue weighted by Crippen LogP contribution is 2.07. The van der Waals surface area contributed by atoms with E-state index in [1.165, 1.54) is 12.2 Å². The van der Waals surface area contributed by atoms with Crippen LogP contribution < -0.4 is 0 Å². The number of carbonyl (C=O) groups excluding carboxylic acids is 2. The van der Waals surface area contributed by atoms with E-state index in [0.717, 1.165) is 3.11 Å². The number of carbonyl (C=O) groups is 2. The van der Waals surface area contributed by atoms with E-state index >= 15 is 0 Å². The fraction of sp³-hybridized carbons (Fsp3) is 0. The molecule has 1 aliphatic rings. The van der Waals surface area contributed by atoms with Gasteiger partial charge in [-0.3, -0.25) is 9.59 Å². The first kappa shape index (κ1) is 5.74. The zero-order valence-corrected chi connectivity index (χ0v) is 5.95. The van der Waals surface area contributed by atoms with Gasteiger partial charge in [-0.2, -0.15) is 0 Å². The zero-order chi connectivity index (χ0) is 6.15. The first-order valence-corrected chi connectivity index (χ1v) is 2.90. The van der Waals surface area contributed by atoms with Gasteiger partial charge >= 0.3 is 0 Å². The summed E-state index contributed by atoms with van der Waals surface area (Å²) < 4.78 is 1.03. The number of hydrogen-bond acceptors (Lipinski definition) is 2. The largest absolute Gasteiger partial charge is 0.268 e. The standard InChI is InChI=1S/C4H2INO2/c5-6-3(7)1-2-4(6)8/h1-2H. The molecule has 42 valence electrons. The average molecular weight is 223 g/mol. The normalized spacial score (nSPS) is 18.4. The molecule has 0 aromatic heterocycles. The van der Waals surface area contributed by atoms with Gasteiger partial charge < -0.3 is 0 Å². The van der Waals surface area contributed by atoms with Crippen LogP contribution >= 0.6 is 22.9 Å². The van der Waals surface area contributed by atoms with Gasteiger partial charge in [0.1, 0.15) is 0 Å². The maximum absolute atomic E-state index is 10.4. The lowest BCUT2D eigenvalue weighted by Gasteiger charge is -1.97. The first-order valence-electron chi connectivity index (χ1n) is 1.94. The molecule has 0 bridgehead atoms. The molecule has 0 atom stereocenters. The van der Waals surface area contributed by atoms with Gasteiger partial charge in [-0.15, -0.1) is 0 Å². The lowest BCUT2D eigenvalue weighted by Crippen LogP contribution is -2.17. The van der Waals surface area contributed by atoms with E-state index in [2.05, 4.69) is 0 Å². The van der Waals surface area contributed by atoms with Crippen LogP contribution in [0.1, 0.15) is 0 Å². The zero-order valence-electron chi connectivity index (χ0n) is 3.80. The summed E-state index contributed by atoms with van der Waals surface area (Å²) in [6, 6.07) is 0. The van der Waals surface area contributed by atoms with Crippen LogP contribution in [0.5, 0.6) is 0 Å². The molecule has 1 heterocycles. The Morgan fingerprint density at radius 2 is 1.62 bits per heavy atom. The van der Waals surface area contributed by atoms with Crippen LogP contribution in [0, 0.1) is 0 Å². The summed E-state index contributed by atoms with van der Waals surface area (Å²) in [6.07, 6.45) is 2.49. The Kier molecular flexibility index (Phi) is 1.33. The Hall–Kier alpha value is -0.390. The smallest absolute Gasteiger partial charge is 0.262 e. The first-order chi connectivity index (χ1) is 3.72. The van der Waals surface area contributed by atoms with Crippen molar-refractivity contribution in [2.24, 2.45) is 0 Å². The van der Waals surface area contributed by atoms with Crippen molar-refractivity contribution in [3.63, 3.8) is 0 Å². The van der Waals surface area contributed by atoms with Gasteiger partial charge in [0.25, 0.3) is 11.8 Å². The molecule has 0 unspecified atom stereocenters. The maximum atomic E-state index is 10.4. The molecule has 0 fully saturated rings. The molecule has 3 nitrogen and oxygen atoms in total. The highest BCUT2D eigenvalue weighted by Gasteiger charge is 2.19. The molecule has 0 spiro atoms. The van der Waals surface area contributed by atoms with E-state index in [1.54, 1.807) is 22.9 Å². The van der Waals surface area contributed by atoms with E-state index in [0.29, 0.717) is 0 Å². The summed E-state index contributed by atoms with van der Waals surface area (Å²) in [4.78, 5) is 20.8. The number of hydrogen-bond donors (Lipinski definition) is 0. The third-order valence-electron chi connectivity index (χ3n) is 0.755. The number of rotatable bonds is 0. The van der Waals surface area contributed by atoms with Crippen LogP contribution in [0.15, 0.2) is 12.2 Å². The summed E-state index contributed by atoms with van der Waals surface area (Å²) in [5, 5.41) is 0. The third-order valence-corrected chi connectivity index (χ3v) is 1.71. The average Bonchev–Trinajstić information content (AvgIpc) is 1.98. The Morgan fingerprint density at radius 1 is 1.25 bits per heavy atom. The molecule has 0 saturated heterocycles. The summed E-state index contributed by atoms with van der Waals surface area (Å²) in [6.45, 7) is 0. The van der Waals surface area contributed by atoms with Crippen molar-refractivity contribution in [1.29, 1.82) is 0 Å². The van der Waals surface area contributed by atoms with Crippen LogP contribution in [-0.2, 0) is 9.59 Å². The molecule has 0 aromatic rings. The Labute approximate surface area is 59.8 Å². The third kappa shape index (κ3) is 0.750. The molecule has 0 aromatic carbocycles. The second-order valence-electron chi connectivity index (χ2n) is 1.29. The topological polar surface area (TPSA) is 37.4 Å². The maximum Gasteiger partial charge on any atom is 0.262 e. The van der Waals surface area contributed by atoms with E-state index in [9.17, 15) is 9.59 Å². The van der Waals surface area contributed by atoms with Crippen molar-refractivity contribution in [2.75, 3.05) is 0 Å². The van der Waals surface area contributed by atoms with Crippen LogP contribution in [0.25, 0.3) is 0 Å². The van der Waals surface area contributed by atoms with Crippen molar-refractivity contribution in [1.82, 2.24) is 3.11 Å². The van der Waals surface area contributed by atoms with E-state index < -0.39 is 0 Å².